The fourth-order valence-electron chi connectivity index (χ4n) is 4.36. The van der Waals surface area contributed by atoms with Gasteiger partial charge >= 0.3 is 5.97 Å². The van der Waals surface area contributed by atoms with E-state index in [0.29, 0.717) is 23.0 Å². The molecule has 1 aliphatic heterocycles. The fraction of sp³-hybridized carbons (Fsp3) is 0.385. The molecule has 4 N–H and O–H groups in total. The molecule has 3 rings (SSSR count). The van der Waals surface area contributed by atoms with Crippen molar-refractivity contribution in [3.05, 3.63) is 58.1 Å². The number of nitrogens with zero attached hydrogens (tertiary/aromatic N) is 2. The van der Waals surface area contributed by atoms with E-state index in [-0.39, 0.29) is 54.9 Å². The number of nitrogens with two attached hydrogens (primary N) is 1. The lowest BCUT2D eigenvalue weighted by Gasteiger charge is -2.25. The van der Waals surface area contributed by atoms with Gasteiger partial charge in [-0.2, -0.15) is 0 Å². The van der Waals surface area contributed by atoms with E-state index in [1.54, 1.807) is 30.3 Å². The summed E-state index contributed by atoms with van der Waals surface area (Å²) in [4.78, 5) is 49.1. The Morgan fingerprint density at radius 1 is 1.27 bits per heavy atom. The molecule has 2 aromatic rings. The second kappa shape index (κ2) is 12.6. The van der Waals surface area contributed by atoms with Crippen molar-refractivity contribution in [1.29, 1.82) is 0 Å². The van der Waals surface area contributed by atoms with E-state index in [0.717, 1.165) is 11.1 Å². The predicted octanol–water partition coefficient (Wildman–Crippen LogP) is 3.29. The highest BCUT2D eigenvalue weighted by molar-refractivity contribution is 6.30. The van der Waals surface area contributed by atoms with E-state index < -0.39 is 11.9 Å². The largest absolute Gasteiger partial charge is 0.496 e. The number of nitrogen functional groups attached to an aromatic ring is 1. The Labute approximate surface area is 220 Å². The maximum absolute atomic E-state index is 13.6. The second-order valence-electron chi connectivity index (χ2n) is 8.73. The Hall–Kier alpha value is -3.63. The second-order valence-corrected chi connectivity index (χ2v) is 9.17. The minimum Gasteiger partial charge on any atom is -0.496 e. The molecular weight excluding hydrogens is 500 g/mol. The SMILES string of the molecule is CC[C@@H](CC(=O)N1CC(NOC)=NCC(Cc2cc(Cl)ccc2OC)C1=O)c1ccc(C(=O)O)c(N)c1. The standard InChI is InChI=1S/C26H31ClN4O6/c1-4-15(16-5-7-20(26(34)35)21(28)11-16)12-24(32)31-14-23(30-37-3)29-13-18(25(31)33)9-17-10-19(27)6-8-22(17)36-2/h5-8,10-11,15,18H,4,9,12-14,28H2,1-3H3,(H,29,30)(H,34,35)/t15-,18?/m0/s1. The van der Waals surface area contributed by atoms with E-state index in [9.17, 15) is 19.5 Å². The number of carboxylic acids is 1. The number of aromatic carboxylic acids is 1. The summed E-state index contributed by atoms with van der Waals surface area (Å²) in [6.45, 7) is 2.00. The van der Waals surface area contributed by atoms with Crippen molar-refractivity contribution in [3.8, 4) is 5.75 Å². The number of hydrogen-bond acceptors (Lipinski definition) is 8. The van der Waals surface area contributed by atoms with Crippen LogP contribution in [0.1, 0.15) is 47.2 Å². The highest BCUT2D eigenvalue weighted by atomic mass is 35.5. The number of carboxylic acid groups (broad SMARTS) is 1. The Bertz CT molecular complexity index is 1200. The molecule has 1 unspecified atom stereocenters. The normalized spacial score (nSPS) is 16.5. The number of imide groups is 1. The lowest BCUT2D eigenvalue weighted by Crippen LogP contribution is -2.45. The molecule has 37 heavy (non-hydrogen) atoms. The van der Waals surface area contributed by atoms with Crippen LogP contribution >= 0.6 is 11.6 Å². The van der Waals surface area contributed by atoms with Gasteiger partial charge in [-0.3, -0.25) is 29.8 Å². The number of amidine groups is 1. The molecule has 1 heterocycles. The number of benzene rings is 2. The molecule has 0 radical (unpaired) electrons. The Kier molecular flexibility index (Phi) is 9.48. The van der Waals surface area contributed by atoms with Crippen LogP contribution in [0.5, 0.6) is 5.75 Å². The first-order chi connectivity index (χ1) is 17.7. The van der Waals surface area contributed by atoms with Gasteiger partial charge in [-0.05, 0) is 60.2 Å². The number of aliphatic imine (C=N–C) groups is 1. The van der Waals surface area contributed by atoms with Crippen molar-refractivity contribution in [2.24, 2.45) is 10.9 Å². The number of carbonyl (C=O) groups excluding carboxylic acids is 2. The van der Waals surface area contributed by atoms with Crippen LogP contribution < -0.4 is 16.0 Å². The molecule has 0 saturated carbocycles. The highest BCUT2D eigenvalue weighted by Crippen LogP contribution is 2.30. The van der Waals surface area contributed by atoms with Crippen molar-refractivity contribution in [2.75, 3.05) is 33.0 Å². The molecular formula is C26H31ClN4O6. The molecule has 0 saturated heterocycles. The summed E-state index contributed by atoms with van der Waals surface area (Å²) in [5, 5.41) is 9.76. The first kappa shape index (κ1) is 27.9. The monoisotopic (exact) mass is 530 g/mol. The number of rotatable bonds is 9. The van der Waals surface area contributed by atoms with Crippen LogP contribution in [0.3, 0.4) is 0 Å². The summed E-state index contributed by atoms with van der Waals surface area (Å²) in [6.07, 6.45) is 0.891. The number of anilines is 1. The third-order valence-electron chi connectivity index (χ3n) is 6.35. The Morgan fingerprint density at radius 2 is 2.03 bits per heavy atom. The van der Waals surface area contributed by atoms with Crippen LogP contribution in [0.4, 0.5) is 5.69 Å². The Morgan fingerprint density at radius 3 is 2.65 bits per heavy atom. The summed E-state index contributed by atoms with van der Waals surface area (Å²) >= 11 is 6.17. The van der Waals surface area contributed by atoms with Crippen LogP contribution in [-0.2, 0) is 20.8 Å². The van der Waals surface area contributed by atoms with Gasteiger partial charge in [0.25, 0.3) is 0 Å². The van der Waals surface area contributed by atoms with Gasteiger partial charge in [-0.15, -0.1) is 0 Å². The van der Waals surface area contributed by atoms with Crippen LogP contribution in [0.25, 0.3) is 0 Å². The topological polar surface area (TPSA) is 144 Å². The molecule has 10 nitrogen and oxygen atoms in total. The summed E-state index contributed by atoms with van der Waals surface area (Å²) in [5.41, 5.74) is 10.2. The molecule has 2 aromatic carbocycles. The average Bonchev–Trinajstić information content (AvgIpc) is 3.01. The molecule has 2 atom stereocenters. The minimum atomic E-state index is -1.12. The first-order valence-corrected chi connectivity index (χ1v) is 12.2. The predicted molar refractivity (Wildman–Crippen MR) is 140 cm³/mol. The lowest BCUT2D eigenvalue weighted by molar-refractivity contribution is -0.146. The Balaban J connectivity index is 1.86. The van der Waals surface area contributed by atoms with Gasteiger partial charge in [0.1, 0.15) is 11.6 Å². The van der Waals surface area contributed by atoms with Crippen molar-refractivity contribution < 1.29 is 29.1 Å². The zero-order chi connectivity index (χ0) is 27.1. The highest BCUT2D eigenvalue weighted by Gasteiger charge is 2.34. The van der Waals surface area contributed by atoms with Gasteiger partial charge in [0.15, 0.2) is 0 Å². The number of hydrogen-bond donors (Lipinski definition) is 3. The van der Waals surface area contributed by atoms with Crippen LogP contribution in [0.15, 0.2) is 41.4 Å². The van der Waals surface area contributed by atoms with Crippen LogP contribution in [-0.4, -0.2) is 60.9 Å². The van der Waals surface area contributed by atoms with Gasteiger partial charge in [-0.1, -0.05) is 24.6 Å². The summed E-state index contributed by atoms with van der Waals surface area (Å²) in [5.74, 6) is -1.82. The number of hydroxylamine groups is 1. The fourth-order valence-corrected chi connectivity index (χ4v) is 4.56. The number of methoxy groups -OCH3 is 1. The first-order valence-electron chi connectivity index (χ1n) is 11.8. The van der Waals surface area contributed by atoms with E-state index in [4.69, 9.17) is 26.9 Å². The zero-order valence-corrected chi connectivity index (χ0v) is 21.7. The third-order valence-corrected chi connectivity index (χ3v) is 6.58. The van der Waals surface area contributed by atoms with Crippen molar-refractivity contribution in [1.82, 2.24) is 10.4 Å². The molecule has 198 valence electrons. The summed E-state index contributed by atoms with van der Waals surface area (Å²) in [7, 11) is 2.96. The quantitative estimate of drug-likeness (QED) is 0.331. The van der Waals surface area contributed by atoms with E-state index in [1.807, 2.05) is 6.92 Å². The molecule has 1 aliphatic rings. The summed E-state index contributed by atoms with van der Waals surface area (Å²) in [6, 6.07) is 9.83. The van der Waals surface area contributed by atoms with Crippen LogP contribution in [0.2, 0.25) is 5.02 Å². The maximum atomic E-state index is 13.6. The van der Waals surface area contributed by atoms with E-state index >= 15 is 0 Å². The van der Waals surface area contributed by atoms with Gasteiger partial charge in [-0.25, -0.2) is 4.79 Å². The minimum absolute atomic E-state index is 0.00148. The van der Waals surface area contributed by atoms with Gasteiger partial charge in [0, 0.05) is 17.1 Å². The van der Waals surface area contributed by atoms with Crippen molar-refractivity contribution in [3.63, 3.8) is 0 Å². The van der Waals surface area contributed by atoms with E-state index in [2.05, 4.69) is 10.5 Å². The van der Waals surface area contributed by atoms with Crippen molar-refractivity contribution >= 4 is 40.9 Å². The number of carbonyl (C=O) groups is 3. The molecule has 0 fully saturated rings. The molecule has 0 bridgehead atoms. The molecule has 11 heteroatoms. The molecule has 0 aliphatic carbocycles. The van der Waals surface area contributed by atoms with Gasteiger partial charge < -0.3 is 15.6 Å². The average molecular weight is 531 g/mol. The van der Waals surface area contributed by atoms with Gasteiger partial charge in [0.05, 0.1) is 38.8 Å². The molecule has 0 spiro atoms. The van der Waals surface area contributed by atoms with Crippen molar-refractivity contribution in [2.45, 2.75) is 32.1 Å². The lowest BCUT2D eigenvalue weighted by atomic mass is 9.91. The number of nitrogens with one attached hydrogen (secondary N) is 1. The van der Waals surface area contributed by atoms with E-state index in [1.165, 1.54) is 25.2 Å². The smallest absolute Gasteiger partial charge is 0.337 e. The number of amides is 2. The maximum Gasteiger partial charge on any atom is 0.337 e. The van der Waals surface area contributed by atoms with Crippen LogP contribution in [0, 0.1) is 5.92 Å². The molecule has 0 aromatic heterocycles. The molecule has 2 amide bonds. The zero-order valence-electron chi connectivity index (χ0n) is 21.0. The summed E-state index contributed by atoms with van der Waals surface area (Å²) < 4.78 is 5.43. The van der Waals surface area contributed by atoms with Gasteiger partial charge in [0.2, 0.25) is 11.8 Å². The number of ether oxygens (including phenoxy) is 1. The third kappa shape index (κ3) is 6.78. The number of halogens is 1.